The first-order valence-corrected chi connectivity index (χ1v) is 8.47. The lowest BCUT2D eigenvalue weighted by Gasteiger charge is -2.11. The van der Waals surface area contributed by atoms with Gasteiger partial charge in [0.15, 0.2) is 5.78 Å². The maximum atomic E-state index is 12.4. The minimum Gasteiger partial charge on any atom is -0.295 e. The zero-order valence-electron chi connectivity index (χ0n) is 11.6. The number of nitrogens with one attached hydrogen (secondary N) is 1. The fraction of sp³-hybridized carbons (Fsp3) is 0.133. The average molecular weight is 368 g/mol. The first-order valence-electron chi connectivity index (χ1n) is 6.19. The molecule has 0 fully saturated rings. The lowest BCUT2D eigenvalue weighted by atomic mass is 10.2. The number of halogens is 1. The maximum absolute atomic E-state index is 12.4. The summed E-state index contributed by atoms with van der Waals surface area (Å²) in [4.78, 5) is 11.4. The minimum atomic E-state index is -3.73. The lowest BCUT2D eigenvalue weighted by molar-refractivity contribution is 0.101. The Labute approximate surface area is 132 Å². The molecule has 0 unspecified atom stereocenters. The molecule has 0 aliphatic rings. The zero-order chi connectivity index (χ0) is 15.6. The summed E-state index contributed by atoms with van der Waals surface area (Å²) in [5, 5.41) is 0. The standard InChI is InChI=1S/C15H14BrNO3S/c1-10-6-7-13(16)9-15(10)17-21(19,20)14-5-3-4-12(8-14)11(2)18/h3-9,17H,1-2H3. The van der Waals surface area contributed by atoms with Crippen LogP contribution in [-0.2, 0) is 10.0 Å². The number of Topliss-reactive ketones (excluding diaryl/α,β-unsaturated/α-hetero) is 1. The summed E-state index contributed by atoms with van der Waals surface area (Å²) in [6.07, 6.45) is 0. The van der Waals surface area contributed by atoms with E-state index in [1.165, 1.54) is 19.1 Å². The van der Waals surface area contributed by atoms with E-state index < -0.39 is 10.0 Å². The van der Waals surface area contributed by atoms with E-state index in [2.05, 4.69) is 20.7 Å². The van der Waals surface area contributed by atoms with Crippen molar-refractivity contribution in [3.05, 3.63) is 58.1 Å². The molecule has 0 saturated heterocycles. The molecule has 0 spiro atoms. The Bertz CT molecular complexity index is 800. The molecular weight excluding hydrogens is 354 g/mol. The predicted octanol–water partition coefficient (Wildman–Crippen LogP) is 3.76. The van der Waals surface area contributed by atoms with E-state index in [0.717, 1.165) is 10.0 Å². The summed E-state index contributed by atoms with van der Waals surface area (Å²) >= 11 is 3.31. The number of anilines is 1. The SMILES string of the molecule is CC(=O)c1cccc(S(=O)(=O)Nc2cc(Br)ccc2C)c1. The minimum absolute atomic E-state index is 0.0644. The van der Waals surface area contributed by atoms with E-state index in [1.807, 2.05) is 19.1 Å². The van der Waals surface area contributed by atoms with Crippen LogP contribution in [0.3, 0.4) is 0 Å². The number of aryl methyl sites for hydroxylation is 1. The number of sulfonamides is 1. The molecule has 2 aromatic rings. The Balaban J connectivity index is 2.41. The second-order valence-electron chi connectivity index (χ2n) is 4.65. The molecule has 0 heterocycles. The smallest absolute Gasteiger partial charge is 0.261 e. The molecule has 0 amide bonds. The lowest BCUT2D eigenvalue weighted by Crippen LogP contribution is -2.14. The number of hydrogen-bond acceptors (Lipinski definition) is 3. The van der Waals surface area contributed by atoms with Crippen LogP contribution in [0.25, 0.3) is 0 Å². The largest absolute Gasteiger partial charge is 0.295 e. The van der Waals surface area contributed by atoms with Gasteiger partial charge in [-0.1, -0.05) is 34.1 Å². The van der Waals surface area contributed by atoms with Crippen LogP contribution in [-0.4, -0.2) is 14.2 Å². The maximum Gasteiger partial charge on any atom is 0.261 e. The number of hydrogen-bond donors (Lipinski definition) is 1. The number of ketones is 1. The van der Waals surface area contributed by atoms with Crippen molar-refractivity contribution in [1.29, 1.82) is 0 Å². The summed E-state index contributed by atoms with van der Waals surface area (Å²) in [6.45, 7) is 3.22. The average Bonchev–Trinajstić information content (AvgIpc) is 2.43. The molecule has 0 atom stereocenters. The fourth-order valence-corrected chi connectivity index (χ4v) is 3.32. The Hall–Kier alpha value is -1.66. The summed E-state index contributed by atoms with van der Waals surface area (Å²) in [7, 11) is -3.73. The van der Waals surface area contributed by atoms with Crippen LogP contribution in [0.2, 0.25) is 0 Å². The highest BCUT2D eigenvalue weighted by Gasteiger charge is 2.16. The molecular formula is C15H14BrNO3S. The number of benzene rings is 2. The van der Waals surface area contributed by atoms with Crippen LogP contribution in [0.1, 0.15) is 22.8 Å². The van der Waals surface area contributed by atoms with Gasteiger partial charge in [-0.15, -0.1) is 0 Å². The van der Waals surface area contributed by atoms with Crippen LogP contribution in [0.5, 0.6) is 0 Å². The third kappa shape index (κ3) is 3.71. The highest BCUT2D eigenvalue weighted by atomic mass is 79.9. The van der Waals surface area contributed by atoms with E-state index in [-0.39, 0.29) is 10.7 Å². The fourth-order valence-electron chi connectivity index (χ4n) is 1.79. The van der Waals surface area contributed by atoms with Crippen LogP contribution in [0, 0.1) is 6.92 Å². The van der Waals surface area contributed by atoms with Crippen molar-refractivity contribution in [2.24, 2.45) is 0 Å². The predicted molar refractivity (Wildman–Crippen MR) is 86.1 cm³/mol. The van der Waals surface area contributed by atoms with Crippen molar-refractivity contribution < 1.29 is 13.2 Å². The topological polar surface area (TPSA) is 63.2 Å². The van der Waals surface area contributed by atoms with Crippen molar-refractivity contribution >= 4 is 37.4 Å². The van der Waals surface area contributed by atoms with Crippen molar-refractivity contribution in [2.75, 3.05) is 4.72 Å². The van der Waals surface area contributed by atoms with Gasteiger partial charge in [0.25, 0.3) is 10.0 Å². The summed E-state index contributed by atoms with van der Waals surface area (Å²) in [5.41, 5.74) is 1.67. The second kappa shape index (κ2) is 5.99. The molecule has 1 N–H and O–H groups in total. The summed E-state index contributed by atoms with van der Waals surface area (Å²) in [5.74, 6) is -0.175. The molecule has 0 bridgehead atoms. The van der Waals surface area contributed by atoms with Gasteiger partial charge >= 0.3 is 0 Å². The molecule has 110 valence electrons. The normalized spacial score (nSPS) is 11.2. The number of carbonyl (C=O) groups excluding carboxylic acids is 1. The molecule has 0 radical (unpaired) electrons. The molecule has 4 nitrogen and oxygen atoms in total. The van der Waals surface area contributed by atoms with Crippen LogP contribution in [0.4, 0.5) is 5.69 Å². The Morgan fingerprint density at radius 2 is 1.86 bits per heavy atom. The van der Waals surface area contributed by atoms with Gasteiger partial charge in [-0.2, -0.15) is 0 Å². The van der Waals surface area contributed by atoms with Gasteiger partial charge in [-0.05, 0) is 43.7 Å². The van der Waals surface area contributed by atoms with Crippen molar-refractivity contribution in [2.45, 2.75) is 18.7 Å². The van der Waals surface area contributed by atoms with Gasteiger partial charge in [0, 0.05) is 10.0 Å². The molecule has 0 saturated carbocycles. The van der Waals surface area contributed by atoms with Gasteiger partial charge < -0.3 is 0 Å². The Kier molecular flexibility index (Phi) is 4.49. The van der Waals surface area contributed by atoms with E-state index in [1.54, 1.807) is 18.2 Å². The van der Waals surface area contributed by atoms with E-state index in [4.69, 9.17) is 0 Å². The van der Waals surface area contributed by atoms with Gasteiger partial charge in [-0.3, -0.25) is 9.52 Å². The van der Waals surface area contributed by atoms with E-state index in [0.29, 0.717) is 11.3 Å². The van der Waals surface area contributed by atoms with Crippen molar-refractivity contribution in [3.63, 3.8) is 0 Å². The molecule has 2 aromatic carbocycles. The monoisotopic (exact) mass is 367 g/mol. The quantitative estimate of drug-likeness (QED) is 0.836. The molecule has 6 heteroatoms. The van der Waals surface area contributed by atoms with Gasteiger partial charge in [-0.25, -0.2) is 8.42 Å². The second-order valence-corrected chi connectivity index (χ2v) is 7.25. The highest BCUT2D eigenvalue weighted by Crippen LogP contribution is 2.24. The third-order valence-electron chi connectivity index (χ3n) is 2.99. The number of carbonyl (C=O) groups is 1. The van der Waals surface area contributed by atoms with Crippen LogP contribution < -0.4 is 4.72 Å². The van der Waals surface area contributed by atoms with Crippen molar-refractivity contribution in [1.82, 2.24) is 0 Å². The Morgan fingerprint density at radius 1 is 1.14 bits per heavy atom. The van der Waals surface area contributed by atoms with Crippen molar-refractivity contribution in [3.8, 4) is 0 Å². The summed E-state index contributed by atoms with van der Waals surface area (Å²) < 4.78 is 28.1. The van der Waals surface area contributed by atoms with Gasteiger partial charge in [0.1, 0.15) is 0 Å². The zero-order valence-corrected chi connectivity index (χ0v) is 14.0. The molecule has 0 aliphatic carbocycles. The summed E-state index contributed by atoms with van der Waals surface area (Å²) in [6, 6.07) is 11.3. The number of rotatable bonds is 4. The highest BCUT2D eigenvalue weighted by molar-refractivity contribution is 9.10. The van der Waals surface area contributed by atoms with E-state index >= 15 is 0 Å². The van der Waals surface area contributed by atoms with Crippen LogP contribution in [0.15, 0.2) is 51.8 Å². The molecule has 0 aromatic heterocycles. The third-order valence-corrected chi connectivity index (χ3v) is 4.85. The van der Waals surface area contributed by atoms with Gasteiger partial charge in [0.2, 0.25) is 0 Å². The molecule has 21 heavy (non-hydrogen) atoms. The first-order chi connectivity index (χ1) is 9.79. The van der Waals surface area contributed by atoms with E-state index in [9.17, 15) is 13.2 Å². The first kappa shape index (κ1) is 15.7. The molecule has 2 rings (SSSR count). The molecule has 0 aliphatic heterocycles. The van der Waals surface area contributed by atoms with Crippen LogP contribution >= 0.6 is 15.9 Å². The van der Waals surface area contributed by atoms with Gasteiger partial charge in [0.05, 0.1) is 10.6 Å². The Morgan fingerprint density at radius 3 is 2.52 bits per heavy atom.